The number of amides is 2. The van der Waals surface area contributed by atoms with Crippen molar-refractivity contribution in [2.45, 2.75) is 51.0 Å². The molecule has 0 bridgehead atoms. The zero-order valence-corrected chi connectivity index (χ0v) is 15.3. The molecular weight excluding hydrogens is 340 g/mol. The van der Waals surface area contributed by atoms with Crippen LogP contribution in [0, 0.1) is 11.8 Å². The van der Waals surface area contributed by atoms with Crippen LogP contribution in [-0.2, 0) is 9.59 Å². The number of anilines is 1. The summed E-state index contributed by atoms with van der Waals surface area (Å²) >= 11 is 0. The highest BCUT2D eigenvalue weighted by molar-refractivity contribution is 5.97. The second kappa shape index (κ2) is 6.51. The maximum Gasteiger partial charge on any atom is 0.228 e. The van der Waals surface area contributed by atoms with Crippen molar-refractivity contribution in [3.05, 3.63) is 30.0 Å². The number of rotatable bonds is 5. The van der Waals surface area contributed by atoms with Crippen LogP contribution in [0.1, 0.15) is 50.5 Å². The number of nitrogens with zero attached hydrogens (tertiary/aromatic N) is 1. The number of aromatic amines is 1. The lowest BCUT2D eigenvalue weighted by atomic mass is 9.89. The molecule has 2 amide bonds. The molecule has 0 saturated heterocycles. The van der Waals surface area contributed by atoms with E-state index in [0.29, 0.717) is 5.82 Å². The Morgan fingerprint density at radius 3 is 2.56 bits per heavy atom. The summed E-state index contributed by atoms with van der Waals surface area (Å²) in [5, 5.41) is 7.22. The normalized spacial score (nSPS) is 22.4. The van der Waals surface area contributed by atoms with E-state index < -0.39 is 0 Å². The van der Waals surface area contributed by atoms with Gasteiger partial charge >= 0.3 is 0 Å². The molecule has 6 heteroatoms. The number of carbonyl (C=O) groups excluding carboxylic acids is 2. The molecule has 2 heterocycles. The summed E-state index contributed by atoms with van der Waals surface area (Å²) in [6.45, 7) is 0. The van der Waals surface area contributed by atoms with Crippen molar-refractivity contribution in [1.82, 2.24) is 15.3 Å². The first kappa shape index (κ1) is 16.5. The Morgan fingerprint density at radius 2 is 1.85 bits per heavy atom. The van der Waals surface area contributed by atoms with E-state index in [2.05, 4.69) is 26.7 Å². The van der Waals surface area contributed by atoms with E-state index in [1.807, 2.05) is 18.3 Å². The average molecular weight is 364 g/mol. The van der Waals surface area contributed by atoms with Gasteiger partial charge in [0.25, 0.3) is 0 Å². The van der Waals surface area contributed by atoms with Crippen LogP contribution in [0.5, 0.6) is 0 Å². The van der Waals surface area contributed by atoms with Crippen LogP contribution >= 0.6 is 0 Å². The van der Waals surface area contributed by atoms with Crippen molar-refractivity contribution in [2.75, 3.05) is 5.32 Å². The van der Waals surface area contributed by atoms with Crippen molar-refractivity contribution in [3.8, 4) is 0 Å². The second-order valence-corrected chi connectivity index (χ2v) is 8.04. The minimum atomic E-state index is 0.0693. The van der Waals surface area contributed by atoms with Gasteiger partial charge < -0.3 is 15.6 Å². The molecule has 2 saturated carbocycles. The Labute approximate surface area is 157 Å². The van der Waals surface area contributed by atoms with Gasteiger partial charge in [0.05, 0.1) is 0 Å². The fourth-order valence-corrected chi connectivity index (χ4v) is 3.82. The van der Waals surface area contributed by atoms with Gasteiger partial charge in [-0.3, -0.25) is 9.59 Å². The summed E-state index contributed by atoms with van der Waals surface area (Å²) in [6, 6.07) is 4.26. The number of fused-ring (bicyclic) bond motifs is 1. The number of allylic oxidation sites excluding steroid dienone is 1. The maximum absolute atomic E-state index is 12.1. The average Bonchev–Trinajstić information content (AvgIpc) is 3.58. The topological polar surface area (TPSA) is 86.9 Å². The predicted octanol–water partition coefficient (Wildman–Crippen LogP) is 3.37. The number of hydrogen-bond donors (Lipinski definition) is 3. The molecule has 2 aromatic heterocycles. The van der Waals surface area contributed by atoms with Crippen LogP contribution in [-0.4, -0.2) is 27.8 Å². The Hall–Kier alpha value is -2.63. The van der Waals surface area contributed by atoms with E-state index >= 15 is 0 Å². The molecule has 3 aliphatic carbocycles. The summed E-state index contributed by atoms with van der Waals surface area (Å²) in [4.78, 5) is 31.8. The van der Waals surface area contributed by atoms with Gasteiger partial charge in [0.1, 0.15) is 11.5 Å². The van der Waals surface area contributed by atoms with Crippen molar-refractivity contribution in [1.29, 1.82) is 0 Å². The van der Waals surface area contributed by atoms with Gasteiger partial charge in [0, 0.05) is 29.5 Å². The summed E-state index contributed by atoms with van der Waals surface area (Å²) < 4.78 is 0. The lowest BCUT2D eigenvalue weighted by Crippen LogP contribution is -2.36. The molecule has 0 aliphatic heterocycles. The number of carbonyl (C=O) groups is 2. The third-order valence-electron chi connectivity index (χ3n) is 5.78. The molecule has 2 aromatic rings. The molecule has 0 aromatic carbocycles. The Morgan fingerprint density at radius 1 is 1.07 bits per heavy atom. The molecule has 0 radical (unpaired) electrons. The molecule has 27 heavy (non-hydrogen) atoms. The molecule has 1 atom stereocenters. The SMILES string of the molecule is O=C(Nc1cc(C2=CCC(NC(=O)C3CC3)CC2)c2cc[nH]c2n1)C1CC1. The minimum Gasteiger partial charge on any atom is -0.353 e. The van der Waals surface area contributed by atoms with E-state index in [1.165, 1.54) is 5.57 Å². The van der Waals surface area contributed by atoms with Crippen molar-refractivity contribution < 1.29 is 9.59 Å². The number of pyridine rings is 1. The monoisotopic (exact) mass is 364 g/mol. The van der Waals surface area contributed by atoms with Crippen molar-refractivity contribution in [2.24, 2.45) is 11.8 Å². The van der Waals surface area contributed by atoms with Crippen LogP contribution in [0.2, 0.25) is 0 Å². The van der Waals surface area contributed by atoms with Crippen LogP contribution in [0.25, 0.3) is 16.6 Å². The number of hydrogen-bond acceptors (Lipinski definition) is 3. The van der Waals surface area contributed by atoms with Crippen LogP contribution in [0.3, 0.4) is 0 Å². The predicted molar refractivity (Wildman–Crippen MR) is 104 cm³/mol. The number of nitrogens with one attached hydrogen (secondary N) is 3. The number of H-pyrrole nitrogens is 1. The molecule has 1 unspecified atom stereocenters. The van der Waals surface area contributed by atoms with Crippen molar-refractivity contribution in [3.63, 3.8) is 0 Å². The van der Waals surface area contributed by atoms with Gasteiger partial charge in [0.2, 0.25) is 11.8 Å². The smallest absolute Gasteiger partial charge is 0.228 e. The van der Waals surface area contributed by atoms with E-state index in [0.717, 1.165) is 61.5 Å². The van der Waals surface area contributed by atoms with E-state index in [4.69, 9.17) is 0 Å². The third-order valence-corrected chi connectivity index (χ3v) is 5.78. The van der Waals surface area contributed by atoms with Crippen LogP contribution < -0.4 is 10.6 Å². The minimum absolute atomic E-state index is 0.0693. The van der Waals surface area contributed by atoms with Gasteiger partial charge in [-0.05, 0) is 68.2 Å². The highest BCUT2D eigenvalue weighted by Crippen LogP contribution is 2.35. The molecule has 140 valence electrons. The first-order valence-corrected chi connectivity index (χ1v) is 9.96. The highest BCUT2D eigenvalue weighted by Gasteiger charge is 2.32. The molecule has 5 rings (SSSR count). The zero-order chi connectivity index (χ0) is 18.4. The maximum atomic E-state index is 12.1. The Balaban J connectivity index is 1.36. The molecule has 2 fully saturated rings. The van der Waals surface area contributed by atoms with Crippen LogP contribution in [0.15, 0.2) is 24.4 Å². The molecule has 3 aliphatic rings. The molecule has 3 N–H and O–H groups in total. The quantitative estimate of drug-likeness (QED) is 0.760. The molecular formula is C21H24N4O2. The molecule has 6 nitrogen and oxygen atoms in total. The summed E-state index contributed by atoms with van der Waals surface area (Å²) in [5.41, 5.74) is 3.18. The van der Waals surface area contributed by atoms with Gasteiger partial charge in [-0.25, -0.2) is 4.98 Å². The summed E-state index contributed by atoms with van der Waals surface area (Å²) in [7, 11) is 0. The Bertz CT molecular complexity index is 937. The van der Waals surface area contributed by atoms with Gasteiger partial charge in [-0.2, -0.15) is 0 Å². The first-order valence-electron chi connectivity index (χ1n) is 9.96. The van der Waals surface area contributed by atoms with E-state index in [9.17, 15) is 9.59 Å². The zero-order valence-electron chi connectivity index (χ0n) is 15.3. The highest BCUT2D eigenvalue weighted by atomic mass is 16.2. The standard InChI is InChI=1S/C21H24N4O2/c26-20(13-1-2-13)23-15-7-5-12(6-8-15)17-11-18(25-21(27)14-3-4-14)24-19-16(17)9-10-22-19/h5,9-11,13-15H,1-4,6-8H2,(H,23,26)(H2,22,24,25,27). The fourth-order valence-electron chi connectivity index (χ4n) is 3.82. The first-order chi connectivity index (χ1) is 13.2. The van der Waals surface area contributed by atoms with Crippen LogP contribution in [0.4, 0.5) is 5.82 Å². The lowest BCUT2D eigenvalue weighted by Gasteiger charge is -2.24. The van der Waals surface area contributed by atoms with Crippen molar-refractivity contribution >= 4 is 34.2 Å². The largest absolute Gasteiger partial charge is 0.353 e. The van der Waals surface area contributed by atoms with Gasteiger partial charge in [0.15, 0.2) is 0 Å². The number of aromatic nitrogens is 2. The summed E-state index contributed by atoms with van der Waals surface area (Å²) in [6.07, 6.45) is 10.9. The third kappa shape index (κ3) is 3.48. The Kier molecular flexibility index (Phi) is 3.99. The fraction of sp³-hybridized carbons (Fsp3) is 0.476. The molecule has 0 spiro atoms. The van der Waals surface area contributed by atoms with E-state index in [-0.39, 0.29) is 29.7 Å². The summed E-state index contributed by atoms with van der Waals surface area (Å²) in [5.74, 6) is 1.31. The lowest BCUT2D eigenvalue weighted by molar-refractivity contribution is -0.123. The second-order valence-electron chi connectivity index (χ2n) is 8.04. The van der Waals surface area contributed by atoms with Gasteiger partial charge in [-0.15, -0.1) is 0 Å². The van der Waals surface area contributed by atoms with Gasteiger partial charge in [-0.1, -0.05) is 6.08 Å². The van der Waals surface area contributed by atoms with E-state index in [1.54, 1.807) is 0 Å².